The number of methoxy groups -OCH3 is 1. The highest BCUT2D eigenvalue weighted by atomic mass is 16.5. The second-order valence-corrected chi connectivity index (χ2v) is 5.55. The third-order valence-electron chi connectivity index (χ3n) is 3.91. The average molecular weight is 320 g/mol. The third-order valence-corrected chi connectivity index (χ3v) is 3.91. The molecule has 1 aliphatic heterocycles. The maximum Gasteiger partial charge on any atom is 0.245 e. The molecule has 1 aromatic rings. The third kappa shape index (κ3) is 4.77. The second-order valence-electron chi connectivity index (χ2n) is 5.55. The Bertz CT molecular complexity index is 521. The molecule has 0 saturated carbocycles. The molecular formula is C17H24N2O4. The molecule has 0 aromatic heterocycles. The van der Waals surface area contributed by atoms with Crippen molar-refractivity contribution in [3.8, 4) is 0 Å². The van der Waals surface area contributed by atoms with Gasteiger partial charge in [-0.3, -0.25) is 9.59 Å². The topological polar surface area (TPSA) is 59.1 Å². The Morgan fingerprint density at radius 2 is 1.87 bits per heavy atom. The van der Waals surface area contributed by atoms with Crippen LogP contribution in [0.2, 0.25) is 0 Å². The fourth-order valence-corrected chi connectivity index (χ4v) is 2.61. The van der Waals surface area contributed by atoms with Gasteiger partial charge in [0.2, 0.25) is 11.8 Å². The number of hydrogen-bond acceptors (Lipinski definition) is 4. The van der Waals surface area contributed by atoms with E-state index in [1.54, 1.807) is 23.8 Å². The molecule has 23 heavy (non-hydrogen) atoms. The lowest BCUT2D eigenvalue weighted by Gasteiger charge is -2.38. The van der Waals surface area contributed by atoms with Crippen molar-refractivity contribution in [2.45, 2.75) is 19.5 Å². The van der Waals surface area contributed by atoms with Crippen LogP contribution in [0.1, 0.15) is 12.5 Å². The van der Waals surface area contributed by atoms with Crippen LogP contribution in [0.15, 0.2) is 30.3 Å². The number of piperazine rings is 1. The molecule has 0 aliphatic carbocycles. The lowest BCUT2D eigenvalue weighted by atomic mass is 10.1. The van der Waals surface area contributed by atoms with Gasteiger partial charge in [0.1, 0.15) is 12.6 Å². The standard InChI is InChI=1S/C17H24N2O4/c1-14-17(21)18(12-15-6-4-3-5-7-15)13-16(20)19(14)8-9-23-11-10-22-2/h3-7,14H,8-13H2,1-2H3/t14-/m0/s1. The monoisotopic (exact) mass is 320 g/mol. The minimum Gasteiger partial charge on any atom is -0.382 e. The quantitative estimate of drug-likeness (QED) is 0.668. The van der Waals surface area contributed by atoms with E-state index >= 15 is 0 Å². The normalized spacial score (nSPS) is 18.6. The maximum atomic E-state index is 12.5. The lowest BCUT2D eigenvalue weighted by molar-refractivity contribution is -0.156. The van der Waals surface area contributed by atoms with Crippen molar-refractivity contribution in [1.82, 2.24) is 9.80 Å². The van der Waals surface area contributed by atoms with E-state index in [9.17, 15) is 9.59 Å². The number of hydrogen-bond donors (Lipinski definition) is 0. The highest BCUT2D eigenvalue weighted by Gasteiger charge is 2.35. The Kier molecular flexibility index (Phi) is 6.55. The summed E-state index contributed by atoms with van der Waals surface area (Å²) in [6, 6.07) is 9.25. The van der Waals surface area contributed by atoms with Gasteiger partial charge >= 0.3 is 0 Å². The first-order chi connectivity index (χ1) is 11.1. The summed E-state index contributed by atoms with van der Waals surface area (Å²) in [6.07, 6.45) is 0. The number of amides is 2. The van der Waals surface area contributed by atoms with Crippen LogP contribution in [0.4, 0.5) is 0 Å². The predicted octanol–water partition coefficient (Wildman–Crippen LogP) is 0.909. The molecule has 1 atom stereocenters. The van der Waals surface area contributed by atoms with Crippen LogP contribution >= 0.6 is 0 Å². The predicted molar refractivity (Wildman–Crippen MR) is 85.7 cm³/mol. The van der Waals surface area contributed by atoms with Gasteiger partial charge in [0.25, 0.3) is 0 Å². The summed E-state index contributed by atoms with van der Waals surface area (Å²) >= 11 is 0. The van der Waals surface area contributed by atoms with Crippen LogP contribution in [0.3, 0.4) is 0 Å². The smallest absolute Gasteiger partial charge is 0.245 e. The molecule has 1 heterocycles. The van der Waals surface area contributed by atoms with Gasteiger partial charge in [-0.05, 0) is 12.5 Å². The number of carbonyl (C=O) groups excluding carboxylic acids is 2. The van der Waals surface area contributed by atoms with Crippen LogP contribution in [0.5, 0.6) is 0 Å². The Morgan fingerprint density at radius 1 is 1.13 bits per heavy atom. The Labute approximate surface area is 137 Å². The fourth-order valence-electron chi connectivity index (χ4n) is 2.61. The van der Waals surface area contributed by atoms with Crippen molar-refractivity contribution in [2.75, 3.05) is 40.0 Å². The minimum atomic E-state index is -0.453. The van der Waals surface area contributed by atoms with E-state index in [-0.39, 0.29) is 18.4 Å². The Balaban J connectivity index is 1.88. The molecule has 126 valence electrons. The first kappa shape index (κ1) is 17.4. The zero-order valence-corrected chi connectivity index (χ0v) is 13.7. The van der Waals surface area contributed by atoms with Crippen molar-refractivity contribution in [3.05, 3.63) is 35.9 Å². The molecule has 0 spiro atoms. The first-order valence-corrected chi connectivity index (χ1v) is 7.82. The first-order valence-electron chi connectivity index (χ1n) is 7.82. The van der Waals surface area contributed by atoms with Crippen LogP contribution in [0, 0.1) is 0 Å². The van der Waals surface area contributed by atoms with Gasteiger partial charge in [-0.15, -0.1) is 0 Å². The summed E-state index contributed by atoms with van der Waals surface area (Å²) in [4.78, 5) is 28.0. The molecule has 1 saturated heterocycles. The Hall–Kier alpha value is -1.92. The molecule has 6 nitrogen and oxygen atoms in total. The van der Waals surface area contributed by atoms with Crippen LogP contribution in [-0.2, 0) is 25.6 Å². The van der Waals surface area contributed by atoms with Crippen molar-refractivity contribution in [2.24, 2.45) is 0 Å². The van der Waals surface area contributed by atoms with Gasteiger partial charge in [-0.2, -0.15) is 0 Å². The summed E-state index contributed by atoms with van der Waals surface area (Å²) in [5, 5.41) is 0. The summed E-state index contributed by atoms with van der Waals surface area (Å²) < 4.78 is 10.3. The van der Waals surface area contributed by atoms with E-state index in [0.717, 1.165) is 5.56 Å². The summed E-state index contributed by atoms with van der Waals surface area (Å²) in [5.41, 5.74) is 1.03. The van der Waals surface area contributed by atoms with Crippen molar-refractivity contribution in [3.63, 3.8) is 0 Å². The summed E-state index contributed by atoms with van der Waals surface area (Å²) in [7, 11) is 1.61. The Morgan fingerprint density at radius 3 is 2.57 bits per heavy atom. The van der Waals surface area contributed by atoms with E-state index in [1.165, 1.54) is 0 Å². The van der Waals surface area contributed by atoms with Crippen LogP contribution in [0.25, 0.3) is 0 Å². The van der Waals surface area contributed by atoms with E-state index in [0.29, 0.717) is 32.9 Å². The highest BCUT2D eigenvalue weighted by molar-refractivity contribution is 5.94. The minimum absolute atomic E-state index is 0.0228. The molecule has 0 bridgehead atoms. The molecule has 2 amide bonds. The number of rotatable bonds is 8. The van der Waals surface area contributed by atoms with Crippen molar-refractivity contribution in [1.29, 1.82) is 0 Å². The molecule has 2 rings (SSSR count). The van der Waals surface area contributed by atoms with Crippen molar-refractivity contribution < 1.29 is 19.1 Å². The second kappa shape index (κ2) is 8.64. The molecule has 6 heteroatoms. The maximum absolute atomic E-state index is 12.5. The number of nitrogens with zero attached hydrogens (tertiary/aromatic N) is 2. The van der Waals surface area contributed by atoms with E-state index in [2.05, 4.69) is 0 Å². The molecule has 1 fully saturated rings. The molecule has 0 unspecified atom stereocenters. The number of carbonyl (C=O) groups is 2. The molecule has 1 aromatic carbocycles. The molecule has 0 N–H and O–H groups in total. The number of ether oxygens (including phenoxy) is 2. The van der Waals surface area contributed by atoms with E-state index < -0.39 is 6.04 Å². The van der Waals surface area contributed by atoms with Gasteiger partial charge in [0.15, 0.2) is 0 Å². The SMILES string of the molecule is COCCOCCN1C(=O)CN(Cc2ccccc2)C(=O)[C@@H]1C. The van der Waals surface area contributed by atoms with Crippen molar-refractivity contribution >= 4 is 11.8 Å². The summed E-state index contributed by atoms with van der Waals surface area (Å²) in [5.74, 6) is -0.0614. The van der Waals surface area contributed by atoms with Gasteiger partial charge in [0.05, 0.1) is 19.8 Å². The van der Waals surface area contributed by atoms with Crippen LogP contribution in [-0.4, -0.2) is 67.7 Å². The molecule has 1 aliphatic rings. The van der Waals surface area contributed by atoms with Gasteiger partial charge in [-0.25, -0.2) is 0 Å². The van der Waals surface area contributed by atoms with Gasteiger partial charge < -0.3 is 19.3 Å². The lowest BCUT2D eigenvalue weighted by Crippen LogP contribution is -2.59. The summed E-state index contributed by atoms with van der Waals surface area (Å²) in [6.45, 7) is 4.20. The average Bonchev–Trinajstić information content (AvgIpc) is 2.56. The van der Waals surface area contributed by atoms with Gasteiger partial charge in [-0.1, -0.05) is 30.3 Å². The van der Waals surface area contributed by atoms with Crippen LogP contribution < -0.4 is 0 Å². The largest absolute Gasteiger partial charge is 0.382 e. The molecular weight excluding hydrogens is 296 g/mol. The fraction of sp³-hybridized carbons (Fsp3) is 0.529. The highest BCUT2D eigenvalue weighted by Crippen LogP contribution is 2.15. The molecule has 0 radical (unpaired) electrons. The van der Waals surface area contributed by atoms with E-state index in [4.69, 9.17) is 9.47 Å². The zero-order valence-electron chi connectivity index (χ0n) is 13.7. The number of benzene rings is 1. The van der Waals surface area contributed by atoms with E-state index in [1.807, 2.05) is 30.3 Å². The zero-order chi connectivity index (χ0) is 16.7. The van der Waals surface area contributed by atoms with Gasteiger partial charge in [0, 0.05) is 20.2 Å².